The minimum atomic E-state index is -0.689. The molecule has 1 aliphatic rings. The van der Waals surface area contributed by atoms with E-state index in [0.717, 1.165) is 31.2 Å². The number of benzene rings is 1. The van der Waals surface area contributed by atoms with Gasteiger partial charge in [-0.15, -0.1) is 0 Å². The highest BCUT2D eigenvalue weighted by atomic mass is 16.4. The number of para-hydroxylation sites is 1. The number of carboxylic acid groups (broad SMARTS) is 1. The molecule has 2 aromatic rings. The predicted molar refractivity (Wildman–Crippen MR) is 79.2 cm³/mol. The van der Waals surface area contributed by atoms with Crippen molar-refractivity contribution in [1.82, 2.24) is 9.97 Å². The summed E-state index contributed by atoms with van der Waals surface area (Å²) in [5, 5.41) is 9.62. The summed E-state index contributed by atoms with van der Waals surface area (Å²) >= 11 is 0. The fourth-order valence-electron chi connectivity index (χ4n) is 3.12. The van der Waals surface area contributed by atoms with Gasteiger partial charge in [-0.25, -0.2) is 4.98 Å². The number of nitrogens with one attached hydrogen (secondary N) is 1. The number of carboxylic acids is 1. The Balaban J connectivity index is 1.74. The van der Waals surface area contributed by atoms with Gasteiger partial charge in [-0.1, -0.05) is 12.1 Å². The molecule has 1 aliphatic carbocycles. The van der Waals surface area contributed by atoms with Crippen LogP contribution in [-0.2, 0) is 11.2 Å². The van der Waals surface area contributed by atoms with Gasteiger partial charge < -0.3 is 10.1 Å². The first-order valence-electron chi connectivity index (χ1n) is 7.34. The van der Waals surface area contributed by atoms with E-state index in [4.69, 9.17) is 5.11 Å². The molecular formula is C16H18N2O3. The van der Waals surface area contributed by atoms with E-state index in [1.807, 2.05) is 18.2 Å². The van der Waals surface area contributed by atoms with Crippen LogP contribution in [0.25, 0.3) is 10.9 Å². The largest absolute Gasteiger partial charge is 0.481 e. The number of aromatic amines is 1. The number of fused-ring (bicyclic) bond motifs is 1. The summed E-state index contributed by atoms with van der Waals surface area (Å²) in [4.78, 5) is 30.3. The second-order valence-corrected chi connectivity index (χ2v) is 5.79. The van der Waals surface area contributed by atoms with Crippen LogP contribution in [0.4, 0.5) is 0 Å². The summed E-state index contributed by atoms with van der Waals surface area (Å²) in [7, 11) is 0. The van der Waals surface area contributed by atoms with Crippen molar-refractivity contribution in [2.24, 2.45) is 11.8 Å². The number of rotatable bonds is 3. The molecule has 1 saturated carbocycles. The van der Waals surface area contributed by atoms with Gasteiger partial charge in [0.05, 0.1) is 16.8 Å². The van der Waals surface area contributed by atoms with Crippen LogP contribution in [0.5, 0.6) is 0 Å². The lowest BCUT2D eigenvalue weighted by Crippen LogP contribution is -2.23. The van der Waals surface area contributed by atoms with Crippen LogP contribution >= 0.6 is 0 Å². The molecule has 0 aliphatic heterocycles. The van der Waals surface area contributed by atoms with Gasteiger partial charge in [-0.2, -0.15) is 0 Å². The maximum atomic E-state index is 12.0. The van der Waals surface area contributed by atoms with Crippen LogP contribution in [0.2, 0.25) is 0 Å². The van der Waals surface area contributed by atoms with Crippen molar-refractivity contribution in [3.63, 3.8) is 0 Å². The van der Waals surface area contributed by atoms with E-state index in [2.05, 4.69) is 9.97 Å². The van der Waals surface area contributed by atoms with Crippen molar-refractivity contribution in [3.05, 3.63) is 40.4 Å². The van der Waals surface area contributed by atoms with Crippen LogP contribution in [0.3, 0.4) is 0 Å². The Hall–Kier alpha value is -2.17. The molecule has 0 unspecified atom stereocenters. The summed E-state index contributed by atoms with van der Waals surface area (Å²) in [6, 6.07) is 7.31. The summed E-state index contributed by atoms with van der Waals surface area (Å²) < 4.78 is 0. The first-order chi connectivity index (χ1) is 10.1. The van der Waals surface area contributed by atoms with Gasteiger partial charge in [0.25, 0.3) is 5.56 Å². The van der Waals surface area contributed by atoms with Crippen molar-refractivity contribution >= 4 is 16.9 Å². The zero-order valence-corrected chi connectivity index (χ0v) is 11.7. The second kappa shape index (κ2) is 5.68. The minimum Gasteiger partial charge on any atom is -0.481 e. The molecular weight excluding hydrogens is 268 g/mol. The summed E-state index contributed by atoms with van der Waals surface area (Å²) in [6.07, 6.45) is 3.92. The Morgan fingerprint density at radius 1 is 1.24 bits per heavy atom. The molecule has 5 nitrogen and oxygen atoms in total. The fourth-order valence-corrected chi connectivity index (χ4v) is 3.12. The van der Waals surface area contributed by atoms with Gasteiger partial charge in [-0.05, 0) is 43.7 Å². The molecule has 1 fully saturated rings. The maximum Gasteiger partial charge on any atom is 0.306 e. The van der Waals surface area contributed by atoms with E-state index in [-0.39, 0.29) is 11.5 Å². The number of carbonyl (C=O) groups is 1. The smallest absolute Gasteiger partial charge is 0.306 e. The zero-order valence-electron chi connectivity index (χ0n) is 11.7. The molecule has 0 atom stereocenters. The first kappa shape index (κ1) is 13.8. The molecule has 0 saturated heterocycles. The van der Waals surface area contributed by atoms with Gasteiger partial charge >= 0.3 is 5.97 Å². The lowest BCUT2D eigenvalue weighted by atomic mass is 9.80. The topological polar surface area (TPSA) is 83.0 Å². The van der Waals surface area contributed by atoms with E-state index in [0.29, 0.717) is 23.5 Å². The van der Waals surface area contributed by atoms with E-state index in [1.165, 1.54) is 0 Å². The second-order valence-electron chi connectivity index (χ2n) is 5.79. The van der Waals surface area contributed by atoms with Crippen molar-refractivity contribution in [3.8, 4) is 0 Å². The zero-order chi connectivity index (χ0) is 14.8. The van der Waals surface area contributed by atoms with E-state index in [1.54, 1.807) is 6.07 Å². The van der Waals surface area contributed by atoms with Crippen LogP contribution in [-0.4, -0.2) is 21.0 Å². The average Bonchev–Trinajstić information content (AvgIpc) is 2.48. The van der Waals surface area contributed by atoms with Crippen molar-refractivity contribution in [2.75, 3.05) is 0 Å². The van der Waals surface area contributed by atoms with Crippen LogP contribution in [0.1, 0.15) is 31.5 Å². The molecule has 110 valence electrons. The Bertz CT molecular complexity index is 715. The Labute approximate surface area is 122 Å². The number of aliphatic carboxylic acids is 1. The third-order valence-electron chi connectivity index (χ3n) is 4.34. The molecule has 0 radical (unpaired) electrons. The monoisotopic (exact) mass is 286 g/mol. The Kier molecular flexibility index (Phi) is 3.73. The molecule has 3 rings (SSSR count). The van der Waals surface area contributed by atoms with Crippen LogP contribution in [0, 0.1) is 11.8 Å². The standard InChI is InChI=1S/C16H18N2O3/c19-15-12-3-1-2-4-13(12)17-14(18-15)9-10-5-7-11(8-6-10)16(20)21/h1-4,10-11H,5-9H2,(H,20,21)(H,17,18,19). The summed E-state index contributed by atoms with van der Waals surface area (Å²) in [5.74, 6) is 0.220. The number of H-pyrrole nitrogens is 1. The SMILES string of the molecule is O=C(O)C1CCC(Cc2nc3ccccc3c(=O)[nH]2)CC1. The highest BCUT2D eigenvalue weighted by molar-refractivity contribution is 5.77. The number of hydrogen-bond acceptors (Lipinski definition) is 3. The van der Waals surface area contributed by atoms with Gasteiger partial charge in [0.15, 0.2) is 0 Å². The quantitative estimate of drug-likeness (QED) is 0.907. The molecule has 1 aromatic heterocycles. The van der Waals surface area contributed by atoms with Gasteiger partial charge in [0.2, 0.25) is 0 Å². The first-order valence-corrected chi connectivity index (χ1v) is 7.34. The van der Waals surface area contributed by atoms with E-state index >= 15 is 0 Å². The van der Waals surface area contributed by atoms with Crippen LogP contribution in [0.15, 0.2) is 29.1 Å². The summed E-state index contributed by atoms with van der Waals surface area (Å²) in [6.45, 7) is 0. The molecule has 2 N–H and O–H groups in total. The molecule has 5 heteroatoms. The van der Waals surface area contributed by atoms with Gasteiger partial charge in [0.1, 0.15) is 5.82 Å². The number of hydrogen-bond donors (Lipinski definition) is 2. The number of nitrogens with zero attached hydrogens (tertiary/aromatic N) is 1. The fraction of sp³-hybridized carbons (Fsp3) is 0.438. The van der Waals surface area contributed by atoms with E-state index in [9.17, 15) is 9.59 Å². The lowest BCUT2D eigenvalue weighted by molar-refractivity contribution is -0.143. The highest BCUT2D eigenvalue weighted by Crippen LogP contribution is 2.30. The van der Waals surface area contributed by atoms with Crippen molar-refractivity contribution in [1.29, 1.82) is 0 Å². The molecule has 0 bridgehead atoms. The summed E-state index contributed by atoms with van der Waals surface area (Å²) in [5.41, 5.74) is 0.616. The van der Waals surface area contributed by atoms with Crippen molar-refractivity contribution < 1.29 is 9.90 Å². The third-order valence-corrected chi connectivity index (χ3v) is 4.34. The Morgan fingerprint density at radius 2 is 1.95 bits per heavy atom. The highest BCUT2D eigenvalue weighted by Gasteiger charge is 2.26. The third kappa shape index (κ3) is 2.96. The lowest BCUT2D eigenvalue weighted by Gasteiger charge is -2.25. The Morgan fingerprint density at radius 3 is 2.67 bits per heavy atom. The molecule has 0 amide bonds. The minimum absolute atomic E-state index is 0.102. The molecule has 0 spiro atoms. The normalized spacial score (nSPS) is 22.3. The maximum absolute atomic E-state index is 12.0. The molecule has 21 heavy (non-hydrogen) atoms. The van der Waals surface area contributed by atoms with Gasteiger partial charge in [0, 0.05) is 6.42 Å². The predicted octanol–water partition coefficient (Wildman–Crippen LogP) is 2.36. The number of aromatic nitrogens is 2. The average molecular weight is 286 g/mol. The molecule has 1 aromatic carbocycles. The molecule has 1 heterocycles. The van der Waals surface area contributed by atoms with Crippen molar-refractivity contribution in [2.45, 2.75) is 32.1 Å². The van der Waals surface area contributed by atoms with E-state index < -0.39 is 5.97 Å². The van der Waals surface area contributed by atoms with Gasteiger partial charge in [-0.3, -0.25) is 9.59 Å². The van der Waals surface area contributed by atoms with Crippen LogP contribution < -0.4 is 5.56 Å².